The molecule has 0 aliphatic carbocycles. The van der Waals surface area contributed by atoms with Crippen LogP contribution in [0.2, 0.25) is 0 Å². The second kappa shape index (κ2) is 5.68. The number of amides is 1. The zero-order valence-corrected chi connectivity index (χ0v) is 12.4. The second-order valence-electron chi connectivity index (χ2n) is 5.28. The van der Waals surface area contributed by atoms with Crippen LogP contribution in [0.25, 0.3) is 0 Å². The number of aliphatic hydroxyl groups excluding tert-OH is 1. The van der Waals surface area contributed by atoms with Crippen molar-refractivity contribution in [2.24, 2.45) is 0 Å². The van der Waals surface area contributed by atoms with Gasteiger partial charge in [0.25, 0.3) is 5.91 Å². The molecule has 23 heavy (non-hydrogen) atoms. The Bertz CT molecular complexity index is 797. The van der Waals surface area contributed by atoms with E-state index in [-0.39, 0.29) is 11.4 Å². The summed E-state index contributed by atoms with van der Waals surface area (Å²) >= 11 is 0. The van der Waals surface area contributed by atoms with Crippen LogP contribution >= 0.6 is 0 Å². The van der Waals surface area contributed by atoms with Gasteiger partial charge in [0.1, 0.15) is 5.82 Å². The average molecular weight is 311 g/mol. The van der Waals surface area contributed by atoms with Gasteiger partial charge >= 0.3 is 0 Å². The fourth-order valence-corrected chi connectivity index (χ4v) is 2.78. The van der Waals surface area contributed by atoms with Gasteiger partial charge in [0.15, 0.2) is 11.5 Å². The predicted molar refractivity (Wildman–Crippen MR) is 83.4 cm³/mol. The monoisotopic (exact) mass is 311 g/mol. The summed E-state index contributed by atoms with van der Waals surface area (Å²) in [6.45, 7) is 1.31. The molecule has 0 bridgehead atoms. The van der Waals surface area contributed by atoms with Gasteiger partial charge in [-0.05, 0) is 36.8 Å². The molecule has 0 saturated heterocycles. The lowest BCUT2D eigenvalue weighted by Gasteiger charge is -2.26. The summed E-state index contributed by atoms with van der Waals surface area (Å²) < 4.78 is 13.2. The number of nitrogens with zero attached hydrogens (tertiary/aromatic N) is 1. The maximum atomic E-state index is 13.2. The fourth-order valence-electron chi connectivity index (χ4n) is 2.78. The van der Waals surface area contributed by atoms with E-state index < -0.39 is 23.5 Å². The summed E-state index contributed by atoms with van der Waals surface area (Å²) in [5.74, 6) is -2.04. The van der Waals surface area contributed by atoms with Crippen molar-refractivity contribution in [2.45, 2.75) is 13.0 Å². The average Bonchev–Trinajstić information content (AvgIpc) is 2.81. The van der Waals surface area contributed by atoms with Gasteiger partial charge in [-0.2, -0.15) is 0 Å². The van der Waals surface area contributed by atoms with Crippen molar-refractivity contribution in [3.05, 3.63) is 77.3 Å². The molecule has 2 aromatic rings. The van der Waals surface area contributed by atoms with Gasteiger partial charge in [0, 0.05) is 5.69 Å². The standard InChI is InChI=1S/C18H14FNO3/c1-11(21)15-16(12-5-3-2-4-6-12)20(18(23)17(15)22)14-9-7-13(19)8-10-14/h2-10,16,22H,1H3/t16-/m1/s1. The molecule has 0 spiro atoms. The molecular formula is C18H14FNO3. The van der Waals surface area contributed by atoms with E-state index in [1.165, 1.54) is 36.1 Å². The SMILES string of the molecule is CC(=O)C1=C(O)C(=O)N(c2ccc(F)cc2)[C@@H]1c1ccccc1. The molecule has 2 aromatic carbocycles. The van der Waals surface area contributed by atoms with Crippen LogP contribution in [0.5, 0.6) is 0 Å². The highest BCUT2D eigenvalue weighted by atomic mass is 19.1. The van der Waals surface area contributed by atoms with Crippen LogP contribution in [0, 0.1) is 5.82 Å². The molecule has 0 radical (unpaired) electrons. The third kappa shape index (κ3) is 2.50. The molecule has 0 unspecified atom stereocenters. The van der Waals surface area contributed by atoms with Crippen LogP contribution in [0.4, 0.5) is 10.1 Å². The normalized spacial score (nSPS) is 17.7. The largest absolute Gasteiger partial charge is 0.503 e. The Hall–Kier alpha value is -2.95. The Balaban J connectivity index is 2.16. The van der Waals surface area contributed by atoms with Crippen LogP contribution in [-0.2, 0) is 9.59 Å². The van der Waals surface area contributed by atoms with Crippen molar-refractivity contribution in [3.8, 4) is 0 Å². The molecule has 1 aliphatic heterocycles. The summed E-state index contributed by atoms with van der Waals surface area (Å²) in [5, 5.41) is 10.1. The lowest BCUT2D eigenvalue weighted by molar-refractivity contribution is -0.117. The van der Waals surface area contributed by atoms with Crippen LogP contribution in [0.15, 0.2) is 65.9 Å². The molecule has 5 heteroatoms. The first-order valence-electron chi connectivity index (χ1n) is 7.09. The zero-order valence-electron chi connectivity index (χ0n) is 12.4. The Kier molecular flexibility index (Phi) is 3.70. The highest BCUT2D eigenvalue weighted by Crippen LogP contribution is 2.40. The first-order chi connectivity index (χ1) is 11.0. The van der Waals surface area contributed by atoms with E-state index in [1.807, 2.05) is 6.07 Å². The highest BCUT2D eigenvalue weighted by molar-refractivity contribution is 6.16. The number of benzene rings is 2. The number of halogens is 1. The summed E-state index contributed by atoms with van der Waals surface area (Å²) in [4.78, 5) is 25.7. The first-order valence-corrected chi connectivity index (χ1v) is 7.09. The summed E-state index contributed by atoms with van der Waals surface area (Å²) in [7, 11) is 0. The molecular weight excluding hydrogens is 297 g/mol. The van der Waals surface area contributed by atoms with Gasteiger partial charge < -0.3 is 5.11 Å². The number of carbonyl (C=O) groups is 2. The Morgan fingerprint density at radius 2 is 1.70 bits per heavy atom. The number of rotatable bonds is 3. The molecule has 3 rings (SSSR count). The molecule has 0 saturated carbocycles. The summed E-state index contributed by atoms with van der Waals surface area (Å²) in [6, 6.07) is 13.6. The Morgan fingerprint density at radius 3 is 2.26 bits per heavy atom. The van der Waals surface area contributed by atoms with E-state index in [9.17, 15) is 19.1 Å². The molecule has 1 N–H and O–H groups in total. The molecule has 1 atom stereocenters. The predicted octanol–water partition coefficient (Wildman–Crippen LogP) is 3.31. The van der Waals surface area contributed by atoms with Gasteiger partial charge in [-0.3, -0.25) is 14.5 Å². The van der Waals surface area contributed by atoms with Crippen LogP contribution in [-0.4, -0.2) is 16.8 Å². The maximum Gasteiger partial charge on any atom is 0.294 e. The van der Waals surface area contributed by atoms with E-state index in [2.05, 4.69) is 0 Å². The van der Waals surface area contributed by atoms with Crippen molar-refractivity contribution < 1.29 is 19.1 Å². The Labute approximate surface area is 132 Å². The van der Waals surface area contributed by atoms with E-state index >= 15 is 0 Å². The minimum absolute atomic E-state index is 0.0468. The van der Waals surface area contributed by atoms with E-state index in [4.69, 9.17) is 0 Å². The minimum atomic E-state index is -0.730. The summed E-state index contributed by atoms with van der Waals surface area (Å²) in [6.07, 6.45) is 0. The summed E-state index contributed by atoms with van der Waals surface area (Å²) in [5.41, 5.74) is 1.15. The van der Waals surface area contributed by atoms with Crippen molar-refractivity contribution in [1.82, 2.24) is 0 Å². The molecule has 116 valence electrons. The maximum absolute atomic E-state index is 13.2. The number of carbonyl (C=O) groups excluding carboxylic acids is 2. The minimum Gasteiger partial charge on any atom is -0.503 e. The van der Waals surface area contributed by atoms with Crippen LogP contribution < -0.4 is 4.90 Å². The van der Waals surface area contributed by atoms with Gasteiger partial charge in [-0.15, -0.1) is 0 Å². The highest BCUT2D eigenvalue weighted by Gasteiger charge is 2.43. The fraction of sp³-hybridized carbons (Fsp3) is 0.111. The Morgan fingerprint density at radius 1 is 1.09 bits per heavy atom. The van der Waals surface area contributed by atoms with E-state index in [1.54, 1.807) is 24.3 Å². The smallest absolute Gasteiger partial charge is 0.294 e. The topological polar surface area (TPSA) is 57.6 Å². The first kappa shape index (κ1) is 15.0. The van der Waals surface area contributed by atoms with Crippen LogP contribution in [0.1, 0.15) is 18.5 Å². The van der Waals surface area contributed by atoms with Gasteiger partial charge in [-0.25, -0.2) is 4.39 Å². The van der Waals surface area contributed by atoms with E-state index in [0.29, 0.717) is 11.3 Å². The van der Waals surface area contributed by atoms with E-state index in [0.717, 1.165) is 0 Å². The lowest BCUT2D eigenvalue weighted by Crippen LogP contribution is -2.30. The molecule has 1 heterocycles. The number of hydrogen-bond donors (Lipinski definition) is 1. The third-order valence-electron chi connectivity index (χ3n) is 3.81. The quantitative estimate of drug-likeness (QED) is 0.946. The third-order valence-corrected chi connectivity index (χ3v) is 3.81. The number of ketones is 1. The molecule has 4 nitrogen and oxygen atoms in total. The van der Waals surface area contributed by atoms with Crippen LogP contribution in [0.3, 0.4) is 0 Å². The van der Waals surface area contributed by atoms with Crippen molar-refractivity contribution >= 4 is 17.4 Å². The molecule has 1 amide bonds. The second-order valence-corrected chi connectivity index (χ2v) is 5.28. The number of anilines is 1. The van der Waals surface area contributed by atoms with Gasteiger partial charge in [-0.1, -0.05) is 30.3 Å². The zero-order chi connectivity index (χ0) is 16.6. The number of Topliss-reactive ketones (excluding diaryl/α,β-unsaturated/α-hetero) is 1. The molecule has 1 aliphatic rings. The number of aliphatic hydroxyl groups is 1. The lowest BCUT2D eigenvalue weighted by atomic mass is 9.96. The molecule has 0 aromatic heterocycles. The van der Waals surface area contributed by atoms with Gasteiger partial charge in [0.2, 0.25) is 0 Å². The number of hydrogen-bond acceptors (Lipinski definition) is 3. The van der Waals surface area contributed by atoms with Crippen molar-refractivity contribution in [1.29, 1.82) is 0 Å². The molecule has 0 fully saturated rings. The van der Waals surface area contributed by atoms with Crippen molar-refractivity contribution in [2.75, 3.05) is 4.90 Å². The van der Waals surface area contributed by atoms with Gasteiger partial charge in [0.05, 0.1) is 11.6 Å². The van der Waals surface area contributed by atoms with Crippen molar-refractivity contribution in [3.63, 3.8) is 0 Å².